The second-order valence-electron chi connectivity index (χ2n) is 2.75. The maximum atomic E-state index is 11.3. The Morgan fingerprint density at radius 2 is 1.88 bits per heavy atom. The topological polar surface area (TPSA) is 84.9 Å². The van der Waals surface area contributed by atoms with Gasteiger partial charge in [-0.25, -0.2) is 4.79 Å². The number of carbonyl (C=O) groups is 2. The SMILES string of the molecule is CCOP(=S)(OCC)SCC(=O)CNC(=O)O. The van der Waals surface area contributed by atoms with Crippen molar-refractivity contribution in [2.45, 2.75) is 13.8 Å². The summed E-state index contributed by atoms with van der Waals surface area (Å²) in [5.74, 6) is -0.177. The molecule has 0 aromatic carbocycles. The molecule has 0 spiro atoms. The van der Waals surface area contributed by atoms with Crippen LogP contribution in [-0.2, 0) is 25.6 Å². The minimum absolute atomic E-state index is 0.0809. The molecule has 0 aromatic heterocycles. The van der Waals surface area contributed by atoms with Gasteiger partial charge in [-0.15, -0.1) is 0 Å². The molecule has 0 saturated heterocycles. The normalized spacial score (nSPS) is 11.2. The summed E-state index contributed by atoms with van der Waals surface area (Å²) >= 11 is 6.33. The average Bonchev–Trinajstić information content (AvgIpc) is 2.24. The highest BCUT2D eigenvalue weighted by Gasteiger charge is 2.20. The molecule has 0 radical (unpaired) electrons. The lowest BCUT2D eigenvalue weighted by Crippen LogP contribution is -2.28. The fourth-order valence-corrected chi connectivity index (χ4v) is 5.16. The van der Waals surface area contributed by atoms with Crippen molar-refractivity contribution in [1.29, 1.82) is 0 Å². The van der Waals surface area contributed by atoms with Crippen LogP contribution in [0.15, 0.2) is 0 Å². The summed E-state index contributed by atoms with van der Waals surface area (Å²) < 4.78 is 10.6. The van der Waals surface area contributed by atoms with Gasteiger partial charge in [0, 0.05) is 0 Å². The molecule has 0 rings (SSSR count). The van der Waals surface area contributed by atoms with Gasteiger partial charge in [0.05, 0.1) is 25.5 Å². The van der Waals surface area contributed by atoms with Crippen LogP contribution in [0.25, 0.3) is 0 Å². The second kappa shape index (κ2) is 8.88. The van der Waals surface area contributed by atoms with Crippen molar-refractivity contribution < 1.29 is 23.7 Å². The minimum atomic E-state index is -2.47. The first-order valence-corrected chi connectivity index (χ1v) is 9.18. The van der Waals surface area contributed by atoms with Gasteiger partial charge in [-0.1, -0.05) is 11.4 Å². The van der Waals surface area contributed by atoms with Gasteiger partial charge in [-0.2, -0.15) is 0 Å². The van der Waals surface area contributed by atoms with Gasteiger partial charge in [0.15, 0.2) is 5.78 Å². The van der Waals surface area contributed by atoms with Crippen LogP contribution < -0.4 is 5.32 Å². The molecule has 0 saturated carbocycles. The smallest absolute Gasteiger partial charge is 0.405 e. The van der Waals surface area contributed by atoms with E-state index in [0.29, 0.717) is 13.2 Å². The lowest BCUT2D eigenvalue weighted by molar-refractivity contribution is -0.115. The maximum Gasteiger partial charge on any atom is 0.405 e. The van der Waals surface area contributed by atoms with Gasteiger partial charge < -0.3 is 19.5 Å². The number of hydrogen-bond donors (Lipinski definition) is 2. The lowest BCUT2D eigenvalue weighted by atomic mass is 10.4. The van der Waals surface area contributed by atoms with E-state index >= 15 is 0 Å². The molecule has 0 atom stereocenters. The fourth-order valence-electron chi connectivity index (χ4n) is 0.804. The monoisotopic (exact) mass is 301 g/mol. The molecule has 0 unspecified atom stereocenters. The number of ketones is 1. The van der Waals surface area contributed by atoms with Crippen LogP contribution >= 0.6 is 17.1 Å². The first kappa shape index (κ1) is 16.9. The Morgan fingerprint density at radius 1 is 1.35 bits per heavy atom. The zero-order valence-corrected chi connectivity index (χ0v) is 12.2. The van der Waals surface area contributed by atoms with Crippen LogP contribution in [0.5, 0.6) is 0 Å². The summed E-state index contributed by atoms with van der Waals surface area (Å²) in [6.07, 6.45) is -1.22. The van der Waals surface area contributed by atoms with Gasteiger partial charge in [0.1, 0.15) is 0 Å². The Kier molecular flexibility index (Phi) is 8.81. The summed E-state index contributed by atoms with van der Waals surface area (Å²) in [5.41, 5.74) is -2.47. The molecule has 0 aromatic rings. The summed E-state index contributed by atoms with van der Waals surface area (Å²) in [7, 11) is 0. The summed E-state index contributed by atoms with van der Waals surface area (Å²) in [5, 5.41) is 10.3. The van der Waals surface area contributed by atoms with Crippen LogP contribution in [0.4, 0.5) is 4.79 Å². The van der Waals surface area contributed by atoms with Crippen molar-refractivity contribution in [3.63, 3.8) is 0 Å². The molecule has 0 bridgehead atoms. The predicted octanol–water partition coefficient (Wildman–Crippen LogP) is 1.85. The molecule has 0 aliphatic heterocycles. The van der Waals surface area contributed by atoms with Crippen LogP contribution in [0.1, 0.15) is 13.8 Å². The molecule has 1 amide bonds. The molecule has 0 aliphatic rings. The molecule has 0 fully saturated rings. The van der Waals surface area contributed by atoms with Gasteiger partial charge in [0.25, 0.3) is 0 Å². The van der Waals surface area contributed by atoms with Crippen LogP contribution in [-0.4, -0.2) is 42.5 Å². The van der Waals surface area contributed by atoms with Crippen LogP contribution in [0, 0.1) is 0 Å². The molecule has 2 N–H and O–H groups in total. The van der Waals surface area contributed by atoms with Gasteiger partial charge in [-0.3, -0.25) is 4.79 Å². The van der Waals surface area contributed by atoms with E-state index in [1.807, 2.05) is 5.32 Å². The molecule has 9 heteroatoms. The zero-order valence-electron chi connectivity index (χ0n) is 9.67. The van der Waals surface area contributed by atoms with Gasteiger partial charge in [-0.05, 0) is 25.7 Å². The third kappa shape index (κ3) is 8.57. The number of carbonyl (C=O) groups excluding carboxylic acids is 1. The average molecular weight is 301 g/mol. The number of nitrogens with one attached hydrogen (secondary N) is 1. The van der Waals surface area contributed by atoms with Crippen molar-refractivity contribution in [3.05, 3.63) is 0 Å². The van der Waals surface area contributed by atoms with E-state index < -0.39 is 11.8 Å². The molecular weight excluding hydrogens is 285 g/mol. The van der Waals surface area contributed by atoms with E-state index in [1.54, 1.807) is 13.8 Å². The summed E-state index contributed by atoms with van der Waals surface area (Å²) in [6.45, 7) is 4.22. The highest BCUT2D eigenvalue weighted by Crippen LogP contribution is 2.60. The molecule has 0 aliphatic carbocycles. The van der Waals surface area contributed by atoms with E-state index in [-0.39, 0.29) is 18.1 Å². The first-order chi connectivity index (χ1) is 7.93. The van der Waals surface area contributed by atoms with E-state index in [4.69, 9.17) is 26.0 Å². The van der Waals surface area contributed by atoms with E-state index in [1.165, 1.54) is 0 Å². The van der Waals surface area contributed by atoms with E-state index in [9.17, 15) is 9.59 Å². The Hall–Kier alpha value is -0.140. The second-order valence-corrected chi connectivity index (χ2v) is 9.06. The van der Waals surface area contributed by atoms with Crippen molar-refractivity contribution >= 4 is 40.8 Å². The van der Waals surface area contributed by atoms with Gasteiger partial charge >= 0.3 is 6.09 Å². The third-order valence-electron chi connectivity index (χ3n) is 1.39. The van der Waals surface area contributed by atoms with E-state index in [2.05, 4.69) is 0 Å². The van der Waals surface area contributed by atoms with Crippen LogP contribution in [0.3, 0.4) is 0 Å². The predicted molar refractivity (Wildman–Crippen MR) is 71.0 cm³/mol. The van der Waals surface area contributed by atoms with E-state index in [0.717, 1.165) is 11.4 Å². The maximum absolute atomic E-state index is 11.3. The minimum Gasteiger partial charge on any atom is -0.465 e. The molecule has 17 heavy (non-hydrogen) atoms. The Morgan fingerprint density at radius 3 is 2.29 bits per heavy atom. The summed E-state index contributed by atoms with van der Waals surface area (Å²) in [4.78, 5) is 21.5. The Bertz CT molecular complexity index is 302. The van der Waals surface area contributed by atoms with Crippen molar-refractivity contribution in [2.24, 2.45) is 0 Å². The fraction of sp³-hybridized carbons (Fsp3) is 0.750. The number of Topliss-reactive ketones (excluding diaryl/α,β-unsaturated/α-hetero) is 1. The molecule has 0 heterocycles. The molecule has 6 nitrogen and oxygen atoms in total. The van der Waals surface area contributed by atoms with Crippen molar-refractivity contribution in [2.75, 3.05) is 25.5 Å². The quantitative estimate of drug-likeness (QED) is 0.629. The Balaban J connectivity index is 4.08. The first-order valence-electron chi connectivity index (χ1n) is 4.95. The highest BCUT2D eigenvalue weighted by molar-refractivity contribution is 8.68. The van der Waals surface area contributed by atoms with Crippen molar-refractivity contribution in [3.8, 4) is 0 Å². The highest BCUT2D eigenvalue weighted by atomic mass is 32.9. The largest absolute Gasteiger partial charge is 0.465 e. The number of amides is 1. The zero-order chi connectivity index (χ0) is 13.3. The summed E-state index contributed by atoms with van der Waals surface area (Å²) in [6, 6.07) is 0. The lowest BCUT2D eigenvalue weighted by Gasteiger charge is -2.19. The number of hydrogen-bond acceptors (Lipinski definition) is 6. The standard InChI is InChI=1S/C8H16NO5PS2/c1-3-13-15(16,14-4-2)17-6-7(10)5-9-8(11)12/h9H,3-6H2,1-2H3,(H,11,12). The molecule has 100 valence electrons. The number of rotatable bonds is 9. The third-order valence-corrected chi connectivity index (χ3v) is 6.86. The number of carboxylic acid groups (broad SMARTS) is 1. The van der Waals surface area contributed by atoms with Crippen molar-refractivity contribution in [1.82, 2.24) is 5.32 Å². The Labute approximate surface area is 109 Å². The van der Waals surface area contributed by atoms with Crippen LogP contribution in [0.2, 0.25) is 0 Å². The molecular formula is C8H16NO5PS2. The van der Waals surface area contributed by atoms with Gasteiger partial charge in [0.2, 0.25) is 5.69 Å².